The van der Waals surface area contributed by atoms with Crippen molar-refractivity contribution in [2.45, 2.75) is 26.3 Å². The third-order valence-corrected chi connectivity index (χ3v) is 4.37. The predicted octanol–water partition coefficient (Wildman–Crippen LogP) is 4.59. The van der Waals surface area contributed by atoms with Gasteiger partial charge in [-0.05, 0) is 48.5 Å². The molecule has 0 atom stereocenters. The number of piperidine rings is 1. The summed E-state index contributed by atoms with van der Waals surface area (Å²) in [5, 5.41) is 0. The average molecular weight is 265 g/mol. The lowest BCUT2D eigenvalue weighted by molar-refractivity contribution is 0.185. The van der Waals surface area contributed by atoms with E-state index < -0.39 is 0 Å². The maximum atomic E-state index is 2.60. The fourth-order valence-corrected chi connectivity index (χ4v) is 3.02. The van der Waals surface area contributed by atoms with Crippen LogP contribution in [0.1, 0.15) is 25.3 Å². The zero-order valence-electron chi connectivity index (χ0n) is 12.3. The van der Waals surface area contributed by atoms with E-state index >= 15 is 0 Å². The second-order valence-corrected chi connectivity index (χ2v) is 5.98. The topological polar surface area (TPSA) is 3.24 Å². The van der Waals surface area contributed by atoms with Gasteiger partial charge < -0.3 is 0 Å². The SMILES string of the molecule is CC1CCN(Cc2ccccc2-c2ccccc2)CC1. The van der Waals surface area contributed by atoms with Crippen LogP contribution in [-0.4, -0.2) is 18.0 Å². The molecule has 0 radical (unpaired) electrons. The molecule has 1 heteroatoms. The van der Waals surface area contributed by atoms with E-state index in [1.54, 1.807) is 0 Å². The van der Waals surface area contributed by atoms with Gasteiger partial charge in [0.15, 0.2) is 0 Å². The standard InChI is InChI=1S/C19H23N/c1-16-11-13-20(14-12-16)15-18-9-5-6-10-19(18)17-7-3-2-4-8-17/h2-10,16H,11-15H2,1H3. The Morgan fingerprint density at radius 2 is 1.55 bits per heavy atom. The maximum absolute atomic E-state index is 2.60. The van der Waals surface area contributed by atoms with Gasteiger partial charge in [0.1, 0.15) is 0 Å². The van der Waals surface area contributed by atoms with E-state index in [1.165, 1.54) is 42.6 Å². The molecule has 0 bridgehead atoms. The first-order valence-corrected chi connectivity index (χ1v) is 7.68. The first kappa shape index (κ1) is 13.4. The van der Waals surface area contributed by atoms with Crippen LogP contribution in [0.3, 0.4) is 0 Å². The second-order valence-electron chi connectivity index (χ2n) is 5.98. The second kappa shape index (κ2) is 6.23. The first-order chi connectivity index (χ1) is 9.83. The molecule has 2 aromatic carbocycles. The summed E-state index contributed by atoms with van der Waals surface area (Å²) < 4.78 is 0. The van der Waals surface area contributed by atoms with Gasteiger partial charge in [-0.1, -0.05) is 61.5 Å². The highest BCUT2D eigenvalue weighted by atomic mass is 15.1. The van der Waals surface area contributed by atoms with Crippen LogP contribution in [0.15, 0.2) is 54.6 Å². The summed E-state index contributed by atoms with van der Waals surface area (Å²) in [5.74, 6) is 0.899. The molecular formula is C19H23N. The molecule has 1 saturated heterocycles. The molecule has 1 nitrogen and oxygen atoms in total. The third kappa shape index (κ3) is 3.10. The fraction of sp³-hybridized carbons (Fsp3) is 0.368. The van der Waals surface area contributed by atoms with Crippen LogP contribution in [0.4, 0.5) is 0 Å². The van der Waals surface area contributed by atoms with Crippen molar-refractivity contribution >= 4 is 0 Å². The lowest BCUT2D eigenvalue weighted by atomic mass is 9.96. The summed E-state index contributed by atoms with van der Waals surface area (Å²) in [6.07, 6.45) is 2.68. The van der Waals surface area contributed by atoms with E-state index in [0.29, 0.717) is 0 Å². The van der Waals surface area contributed by atoms with E-state index in [2.05, 4.69) is 66.4 Å². The Morgan fingerprint density at radius 3 is 2.30 bits per heavy atom. The number of benzene rings is 2. The average Bonchev–Trinajstić information content (AvgIpc) is 2.51. The Labute approximate surface area is 122 Å². The molecule has 1 aliphatic heterocycles. The molecule has 0 saturated carbocycles. The summed E-state index contributed by atoms with van der Waals surface area (Å²) in [4.78, 5) is 2.60. The van der Waals surface area contributed by atoms with Crippen LogP contribution >= 0.6 is 0 Å². The Morgan fingerprint density at radius 1 is 0.900 bits per heavy atom. The van der Waals surface area contributed by atoms with Gasteiger partial charge in [-0.25, -0.2) is 0 Å². The molecule has 3 rings (SSSR count). The molecule has 20 heavy (non-hydrogen) atoms. The van der Waals surface area contributed by atoms with Gasteiger partial charge in [-0.15, -0.1) is 0 Å². The molecule has 0 N–H and O–H groups in total. The minimum Gasteiger partial charge on any atom is -0.299 e. The van der Waals surface area contributed by atoms with Crippen molar-refractivity contribution in [3.8, 4) is 11.1 Å². The lowest BCUT2D eigenvalue weighted by Crippen LogP contribution is -2.32. The van der Waals surface area contributed by atoms with Crippen molar-refractivity contribution in [1.29, 1.82) is 0 Å². The summed E-state index contributed by atoms with van der Waals surface area (Å²) in [5.41, 5.74) is 4.16. The molecule has 104 valence electrons. The predicted molar refractivity (Wildman–Crippen MR) is 85.6 cm³/mol. The Balaban J connectivity index is 1.80. The Bertz CT molecular complexity index is 539. The molecule has 1 aliphatic rings. The number of likely N-dealkylation sites (tertiary alicyclic amines) is 1. The number of hydrogen-bond donors (Lipinski definition) is 0. The molecule has 0 amide bonds. The van der Waals surface area contributed by atoms with Gasteiger partial charge >= 0.3 is 0 Å². The lowest BCUT2D eigenvalue weighted by Gasteiger charge is -2.30. The Kier molecular flexibility index (Phi) is 4.17. The van der Waals surface area contributed by atoms with Gasteiger partial charge in [0, 0.05) is 6.54 Å². The van der Waals surface area contributed by atoms with Crippen molar-refractivity contribution in [3.63, 3.8) is 0 Å². The van der Waals surface area contributed by atoms with E-state index in [1.807, 2.05) is 0 Å². The minimum absolute atomic E-state index is 0.899. The van der Waals surface area contributed by atoms with Crippen LogP contribution in [0.2, 0.25) is 0 Å². The summed E-state index contributed by atoms with van der Waals surface area (Å²) in [7, 11) is 0. The zero-order chi connectivity index (χ0) is 13.8. The van der Waals surface area contributed by atoms with Crippen LogP contribution in [0.5, 0.6) is 0 Å². The quantitative estimate of drug-likeness (QED) is 0.785. The molecule has 0 unspecified atom stereocenters. The summed E-state index contributed by atoms with van der Waals surface area (Å²) >= 11 is 0. The molecule has 1 heterocycles. The van der Waals surface area contributed by atoms with Crippen LogP contribution < -0.4 is 0 Å². The van der Waals surface area contributed by atoms with Crippen molar-refractivity contribution in [1.82, 2.24) is 4.90 Å². The highest BCUT2D eigenvalue weighted by molar-refractivity contribution is 5.67. The zero-order valence-corrected chi connectivity index (χ0v) is 12.3. The summed E-state index contributed by atoms with van der Waals surface area (Å²) in [6.45, 7) is 5.93. The maximum Gasteiger partial charge on any atom is 0.0239 e. The van der Waals surface area contributed by atoms with E-state index in [0.717, 1.165) is 12.5 Å². The number of nitrogens with zero attached hydrogens (tertiary/aromatic N) is 1. The van der Waals surface area contributed by atoms with Crippen LogP contribution in [-0.2, 0) is 6.54 Å². The normalized spacial score (nSPS) is 17.2. The highest BCUT2D eigenvalue weighted by Gasteiger charge is 2.16. The van der Waals surface area contributed by atoms with Crippen molar-refractivity contribution in [3.05, 3.63) is 60.2 Å². The van der Waals surface area contributed by atoms with Crippen molar-refractivity contribution < 1.29 is 0 Å². The molecule has 0 aromatic heterocycles. The van der Waals surface area contributed by atoms with E-state index in [4.69, 9.17) is 0 Å². The first-order valence-electron chi connectivity index (χ1n) is 7.68. The van der Waals surface area contributed by atoms with Gasteiger partial charge in [-0.2, -0.15) is 0 Å². The van der Waals surface area contributed by atoms with Crippen molar-refractivity contribution in [2.24, 2.45) is 5.92 Å². The van der Waals surface area contributed by atoms with Gasteiger partial charge in [0.05, 0.1) is 0 Å². The Hall–Kier alpha value is -1.60. The van der Waals surface area contributed by atoms with Crippen LogP contribution in [0, 0.1) is 5.92 Å². The largest absolute Gasteiger partial charge is 0.299 e. The highest BCUT2D eigenvalue weighted by Crippen LogP contribution is 2.26. The number of hydrogen-bond acceptors (Lipinski definition) is 1. The smallest absolute Gasteiger partial charge is 0.0239 e. The number of rotatable bonds is 3. The summed E-state index contributed by atoms with van der Waals surface area (Å²) in [6, 6.07) is 19.6. The van der Waals surface area contributed by atoms with E-state index in [9.17, 15) is 0 Å². The molecule has 0 spiro atoms. The third-order valence-electron chi connectivity index (χ3n) is 4.37. The van der Waals surface area contributed by atoms with Gasteiger partial charge in [-0.3, -0.25) is 4.90 Å². The molecule has 1 fully saturated rings. The molecule has 0 aliphatic carbocycles. The molecule has 2 aromatic rings. The van der Waals surface area contributed by atoms with Crippen molar-refractivity contribution in [2.75, 3.05) is 13.1 Å². The van der Waals surface area contributed by atoms with Gasteiger partial charge in [0.2, 0.25) is 0 Å². The van der Waals surface area contributed by atoms with Crippen LogP contribution in [0.25, 0.3) is 11.1 Å². The minimum atomic E-state index is 0.899. The fourth-order valence-electron chi connectivity index (χ4n) is 3.02. The van der Waals surface area contributed by atoms with E-state index in [-0.39, 0.29) is 0 Å². The van der Waals surface area contributed by atoms with Gasteiger partial charge in [0.25, 0.3) is 0 Å². The monoisotopic (exact) mass is 265 g/mol. The molecular weight excluding hydrogens is 242 g/mol.